The number of carbonyl (C=O) groups excluding carboxylic acids is 1. The van der Waals surface area contributed by atoms with Crippen LogP contribution in [-0.2, 0) is 18.3 Å². The molecule has 0 aliphatic heterocycles. The first-order valence-corrected chi connectivity index (χ1v) is 6.87. The van der Waals surface area contributed by atoms with E-state index in [9.17, 15) is 4.79 Å². The molecule has 0 aliphatic carbocycles. The van der Waals surface area contributed by atoms with Gasteiger partial charge in [-0.05, 0) is 24.6 Å². The lowest BCUT2D eigenvalue weighted by Crippen LogP contribution is -2.29. The monoisotopic (exact) mass is 287 g/mol. The Morgan fingerprint density at radius 2 is 2.00 bits per heavy atom. The number of aryl methyl sites for hydroxylation is 1. The standard InChI is InChI=1S/C15H21N5O/c1-11(15-18-16-10-20(15)4)17-14(21)9-12-5-7-13(8-6-12)19(2)3/h5-8,10-11H,9H2,1-4H3,(H,17,21)/t11-/m1/s1. The number of nitrogens with zero attached hydrogens (tertiary/aromatic N) is 4. The number of nitrogens with one attached hydrogen (secondary N) is 1. The van der Waals surface area contributed by atoms with Crippen LogP contribution in [-0.4, -0.2) is 34.8 Å². The Kier molecular flexibility index (Phi) is 4.57. The molecule has 0 unspecified atom stereocenters. The van der Waals surface area contributed by atoms with E-state index in [1.54, 1.807) is 10.9 Å². The van der Waals surface area contributed by atoms with Crippen LogP contribution in [0.15, 0.2) is 30.6 Å². The molecule has 2 aromatic rings. The van der Waals surface area contributed by atoms with E-state index in [0.29, 0.717) is 6.42 Å². The Labute approximate surface area is 124 Å². The number of benzene rings is 1. The van der Waals surface area contributed by atoms with Crippen molar-refractivity contribution < 1.29 is 4.79 Å². The topological polar surface area (TPSA) is 63.1 Å². The normalized spacial score (nSPS) is 12.0. The zero-order valence-corrected chi connectivity index (χ0v) is 12.9. The fourth-order valence-electron chi connectivity index (χ4n) is 2.14. The fraction of sp³-hybridized carbons (Fsp3) is 0.400. The molecule has 1 N–H and O–H groups in total. The molecule has 1 heterocycles. The average Bonchev–Trinajstić information content (AvgIpc) is 2.85. The maximum absolute atomic E-state index is 12.1. The lowest BCUT2D eigenvalue weighted by molar-refractivity contribution is -0.121. The van der Waals surface area contributed by atoms with Crippen LogP contribution in [0.25, 0.3) is 0 Å². The minimum absolute atomic E-state index is 0.0249. The van der Waals surface area contributed by atoms with Gasteiger partial charge in [-0.25, -0.2) is 0 Å². The summed E-state index contributed by atoms with van der Waals surface area (Å²) in [5.74, 6) is 0.717. The Bertz CT molecular complexity index is 603. The van der Waals surface area contributed by atoms with Crippen molar-refractivity contribution in [2.45, 2.75) is 19.4 Å². The molecule has 21 heavy (non-hydrogen) atoms. The van der Waals surface area contributed by atoms with E-state index in [-0.39, 0.29) is 11.9 Å². The quantitative estimate of drug-likeness (QED) is 0.900. The van der Waals surface area contributed by atoms with Gasteiger partial charge in [-0.2, -0.15) is 0 Å². The fourth-order valence-corrected chi connectivity index (χ4v) is 2.14. The SMILES string of the molecule is C[C@@H](NC(=O)Cc1ccc(N(C)C)cc1)c1nncn1C. The summed E-state index contributed by atoms with van der Waals surface area (Å²) in [6, 6.07) is 7.80. The highest BCUT2D eigenvalue weighted by Crippen LogP contribution is 2.13. The number of carbonyl (C=O) groups is 1. The van der Waals surface area contributed by atoms with Gasteiger partial charge in [-0.15, -0.1) is 10.2 Å². The zero-order chi connectivity index (χ0) is 15.4. The number of anilines is 1. The maximum Gasteiger partial charge on any atom is 0.224 e. The summed E-state index contributed by atoms with van der Waals surface area (Å²) in [5.41, 5.74) is 2.11. The van der Waals surface area contributed by atoms with Crippen LogP contribution >= 0.6 is 0 Å². The van der Waals surface area contributed by atoms with E-state index in [4.69, 9.17) is 0 Å². The van der Waals surface area contributed by atoms with Crippen molar-refractivity contribution in [2.75, 3.05) is 19.0 Å². The Hall–Kier alpha value is -2.37. The molecule has 112 valence electrons. The van der Waals surface area contributed by atoms with Gasteiger partial charge in [-0.3, -0.25) is 4.79 Å². The highest BCUT2D eigenvalue weighted by molar-refractivity contribution is 5.79. The molecule has 0 saturated heterocycles. The maximum atomic E-state index is 12.1. The van der Waals surface area contributed by atoms with E-state index in [1.165, 1.54) is 0 Å². The molecule has 6 heteroatoms. The highest BCUT2D eigenvalue weighted by atomic mass is 16.1. The molecule has 1 amide bonds. The van der Waals surface area contributed by atoms with Gasteiger partial charge in [-0.1, -0.05) is 12.1 Å². The molecular weight excluding hydrogens is 266 g/mol. The number of rotatable bonds is 5. The van der Waals surface area contributed by atoms with E-state index in [2.05, 4.69) is 15.5 Å². The Morgan fingerprint density at radius 3 is 2.52 bits per heavy atom. The van der Waals surface area contributed by atoms with Crippen LogP contribution in [0.1, 0.15) is 24.4 Å². The highest BCUT2D eigenvalue weighted by Gasteiger charge is 2.14. The summed E-state index contributed by atoms with van der Waals surface area (Å²) in [7, 11) is 5.84. The van der Waals surface area contributed by atoms with Crippen molar-refractivity contribution in [3.63, 3.8) is 0 Å². The van der Waals surface area contributed by atoms with Gasteiger partial charge in [0, 0.05) is 26.8 Å². The van der Waals surface area contributed by atoms with E-state index in [0.717, 1.165) is 17.1 Å². The molecule has 6 nitrogen and oxygen atoms in total. The second-order valence-corrected chi connectivity index (χ2v) is 5.33. The van der Waals surface area contributed by atoms with Crippen molar-refractivity contribution in [2.24, 2.45) is 7.05 Å². The van der Waals surface area contributed by atoms with Gasteiger partial charge in [0.1, 0.15) is 6.33 Å². The molecule has 0 saturated carbocycles. The van der Waals surface area contributed by atoms with Gasteiger partial charge < -0.3 is 14.8 Å². The van der Waals surface area contributed by atoms with Crippen LogP contribution < -0.4 is 10.2 Å². The van der Waals surface area contributed by atoms with Gasteiger partial charge in [0.25, 0.3) is 0 Å². The minimum Gasteiger partial charge on any atom is -0.378 e. The zero-order valence-electron chi connectivity index (χ0n) is 12.9. The largest absolute Gasteiger partial charge is 0.378 e. The second kappa shape index (κ2) is 6.39. The lowest BCUT2D eigenvalue weighted by Gasteiger charge is -2.14. The summed E-state index contributed by atoms with van der Waals surface area (Å²) in [5, 5.41) is 10.8. The smallest absolute Gasteiger partial charge is 0.224 e. The second-order valence-electron chi connectivity index (χ2n) is 5.33. The predicted octanol–water partition coefficient (Wildman–Crippen LogP) is 1.30. The number of amides is 1. The van der Waals surface area contributed by atoms with E-state index >= 15 is 0 Å². The molecule has 0 spiro atoms. The minimum atomic E-state index is -0.161. The Balaban J connectivity index is 1.94. The van der Waals surface area contributed by atoms with Crippen molar-refractivity contribution in [3.8, 4) is 0 Å². The third-order valence-electron chi connectivity index (χ3n) is 3.33. The lowest BCUT2D eigenvalue weighted by atomic mass is 10.1. The Morgan fingerprint density at radius 1 is 1.33 bits per heavy atom. The van der Waals surface area contributed by atoms with Gasteiger partial charge in [0.05, 0.1) is 12.5 Å². The van der Waals surface area contributed by atoms with Crippen LogP contribution in [0.4, 0.5) is 5.69 Å². The first-order chi connectivity index (χ1) is 9.97. The third kappa shape index (κ3) is 3.81. The predicted molar refractivity (Wildman–Crippen MR) is 82.0 cm³/mol. The number of hydrogen-bond donors (Lipinski definition) is 1. The van der Waals surface area contributed by atoms with Crippen molar-refractivity contribution in [1.82, 2.24) is 20.1 Å². The molecular formula is C15H21N5O. The molecule has 1 aromatic carbocycles. The van der Waals surface area contributed by atoms with Crippen LogP contribution in [0.2, 0.25) is 0 Å². The molecule has 0 radical (unpaired) electrons. The van der Waals surface area contributed by atoms with Crippen molar-refractivity contribution in [1.29, 1.82) is 0 Å². The van der Waals surface area contributed by atoms with Gasteiger partial charge in [0.2, 0.25) is 5.91 Å². The van der Waals surface area contributed by atoms with Crippen LogP contribution in [0.5, 0.6) is 0 Å². The summed E-state index contributed by atoms with van der Waals surface area (Å²) < 4.78 is 1.80. The van der Waals surface area contributed by atoms with Crippen molar-refractivity contribution >= 4 is 11.6 Å². The first-order valence-electron chi connectivity index (χ1n) is 6.87. The molecule has 2 rings (SSSR count). The third-order valence-corrected chi connectivity index (χ3v) is 3.33. The molecule has 0 bridgehead atoms. The van der Waals surface area contributed by atoms with Gasteiger partial charge >= 0.3 is 0 Å². The summed E-state index contributed by atoms with van der Waals surface area (Å²) >= 11 is 0. The van der Waals surface area contributed by atoms with Crippen LogP contribution in [0.3, 0.4) is 0 Å². The average molecular weight is 287 g/mol. The molecule has 1 aromatic heterocycles. The van der Waals surface area contributed by atoms with Crippen molar-refractivity contribution in [3.05, 3.63) is 42.0 Å². The van der Waals surface area contributed by atoms with E-state index in [1.807, 2.05) is 57.2 Å². The summed E-state index contributed by atoms with van der Waals surface area (Å²) in [6.45, 7) is 1.90. The number of aromatic nitrogens is 3. The van der Waals surface area contributed by atoms with Crippen LogP contribution in [0, 0.1) is 0 Å². The number of hydrogen-bond acceptors (Lipinski definition) is 4. The molecule has 0 aliphatic rings. The van der Waals surface area contributed by atoms with Gasteiger partial charge in [0.15, 0.2) is 5.82 Å². The molecule has 1 atom stereocenters. The van der Waals surface area contributed by atoms with E-state index < -0.39 is 0 Å². The summed E-state index contributed by atoms with van der Waals surface area (Å²) in [6.07, 6.45) is 1.98. The molecule has 0 fully saturated rings. The summed E-state index contributed by atoms with van der Waals surface area (Å²) in [4.78, 5) is 14.1. The first kappa shape index (κ1) is 15.0.